The molecule has 17 heavy (non-hydrogen) atoms. The number of hydrogen-bond donors (Lipinski definition) is 2. The first kappa shape index (κ1) is 10.1. The molecular weight excluding hydrogens is 212 g/mol. The Kier molecular flexibility index (Phi) is 2.66. The van der Waals surface area contributed by atoms with Crippen molar-refractivity contribution in [2.75, 3.05) is 19.7 Å². The first-order valence-electron chi connectivity index (χ1n) is 5.87. The van der Waals surface area contributed by atoms with Crippen molar-refractivity contribution in [3.8, 4) is 5.75 Å². The number of benzene rings is 2. The summed E-state index contributed by atoms with van der Waals surface area (Å²) in [5.74, 6) is 1.98. The summed E-state index contributed by atoms with van der Waals surface area (Å²) in [5.41, 5.74) is 0. The molecule has 0 aliphatic carbocycles. The van der Waals surface area contributed by atoms with E-state index in [-0.39, 0.29) is 0 Å². The third kappa shape index (κ3) is 2.23. The maximum atomic E-state index is 5.74. The third-order valence-electron chi connectivity index (χ3n) is 2.91. The van der Waals surface area contributed by atoms with E-state index in [9.17, 15) is 0 Å². The molecule has 0 saturated heterocycles. The zero-order valence-corrected chi connectivity index (χ0v) is 9.57. The second kappa shape index (κ2) is 4.45. The van der Waals surface area contributed by atoms with E-state index in [2.05, 4.69) is 34.6 Å². The van der Waals surface area contributed by atoms with Gasteiger partial charge in [-0.3, -0.25) is 10.3 Å². The standard InChI is InChI=1S/C14H14N2O/c1-2-4-12-9-13(6-5-11(12)3-1)17-10-14-15-7-8-16-14/h1-6,9H,7-8,10H2,(H,15,16)/p+1. The van der Waals surface area contributed by atoms with Gasteiger partial charge in [0.05, 0.1) is 0 Å². The monoisotopic (exact) mass is 227 g/mol. The van der Waals surface area contributed by atoms with Gasteiger partial charge in [0.1, 0.15) is 18.8 Å². The van der Waals surface area contributed by atoms with Gasteiger partial charge >= 0.3 is 0 Å². The van der Waals surface area contributed by atoms with Crippen LogP contribution in [0.15, 0.2) is 42.5 Å². The smallest absolute Gasteiger partial charge is 0.281 e. The Balaban J connectivity index is 1.76. The highest BCUT2D eigenvalue weighted by molar-refractivity contribution is 5.84. The average molecular weight is 227 g/mol. The second-order valence-electron chi connectivity index (χ2n) is 4.13. The second-order valence-corrected chi connectivity index (χ2v) is 4.13. The van der Waals surface area contributed by atoms with Gasteiger partial charge in [0.25, 0.3) is 5.84 Å². The van der Waals surface area contributed by atoms with E-state index in [1.807, 2.05) is 18.2 Å². The Bertz CT molecular complexity index is 563. The van der Waals surface area contributed by atoms with Gasteiger partial charge in [0.15, 0.2) is 6.61 Å². The van der Waals surface area contributed by atoms with Crippen molar-refractivity contribution in [1.29, 1.82) is 0 Å². The molecule has 0 atom stereocenters. The number of hydrogen-bond acceptors (Lipinski definition) is 2. The quantitative estimate of drug-likeness (QED) is 0.791. The fourth-order valence-electron chi connectivity index (χ4n) is 2.00. The molecule has 0 saturated carbocycles. The Morgan fingerprint density at radius 3 is 2.82 bits per heavy atom. The van der Waals surface area contributed by atoms with Crippen LogP contribution in [0, 0.1) is 0 Å². The van der Waals surface area contributed by atoms with E-state index in [4.69, 9.17) is 4.74 Å². The van der Waals surface area contributed by atoms with E-state index >= 15 is 0 Å². The van der Waals surface area contributed by atoms with Crippen molar-refractivity contribution in [2.45, 2.75) is 0 Å². The van der Waals surface area contributed by atoms with Crippen LogP contribution in [0.25, 0.3) is 10.8 Å². The molecule has 2 aromatic carbocycles. The van der Waals surface area contributed by atoms with E-state index in [0.29, 0.717) is 6.61 Å². The van der Waals surface area contributed by atoms with Gasteiger partial charge in [-0.05, 0) is 22.9 Å². The molecule has 3 heteroatoms. The highest BCUT2D eigenvalue weighted by atomic mass is 16.5. The summed E-state index contributed by atoms with van der Waals surface area (Å²) in [6.45, 7) is 2.55. The van der Waals surface area contributed by atoms with Crippen molar-refractivity contribution in [1.82, 2.24) is 5.32 Å². The summed E-state index contributed by atoms with van der Waals surface area (Å²) >= 11 is 0. The van der Waals surface area contributed by atoms with Crippen LogP contribution in [-0.4, -0.2) is 25.5 Å². The van der Waals surface area contributed by atoms with Gasteiger partial charge in [-0.25, -0.2) is 0 Å². The van der Waals surface area contributed by atoms with Crippen molar-refractivity contribution < 1.29 is 9.73 Å². The third-order valence-corrected chi connectivity index (χ3v) is 2.91. The molecule has 1 heterocycles. The summed E-state index contributed by atoms with van der Waals surface area (Å²) < 4.78 is 5.74. The number of ether oxygens (including phenoxy) is 1. The molecule has 2 N–H and O–H groups in total. The Hall–Kier alpha value is -2.03. The lowest BCUT2D eigenvalue weighted by molar-refractivity contribution is -0.446. The van der Waals surface area contributed by atoms with Crippen LogP contribution in [0.2, 0.25) is 0 Å². The fourth-order valence-corrected chi connectivity index (χ4v) is 2.00. The minimum atomic E-state index is 0.582. The van der Waals surface area contributed by atoms with Gasteiger partial charge < -0.3 is 4.74 Å². The molecule has 86 valence electrons. The fraction of sp³-hybridized carbons (Fsp3) is 0.214. The Labute approximate surface area is 100 Å². The van der Waals surface area contributed by atoms with Crippen molar-refractivity contribution in [3.63, 3.8) is 0 Å². The lowest BCUT2D eigenvalue weighted by atomic mass is 10.1. The summed E-state index contributed by atoms with van der Waals surface area (Å²) in [5, 5.41) is 5.70. The summed E-state index contributed by atoms with van der Waals surface area (Å²) in [6, 6.07) is 14.5. The van der Waals surface area contributed by atoms with Crippen LogP contribution in [0.4, 0.5) is 0 Å². The number of rotatable bonds is 3. The number of nitrogens with one attached hydrogen (secondary N) is 2. The first-order chi connectivity index (χ1) is 8.42. The average Bonchev–Trinajstić information content (AvgIpc) is 2.89. The van der Waals surface area contributed by atoms with Gasteiger partial charge in [-0.15, -0.1) is 0 Å². The van der Waals surface area contributed by atoms with Gasteiger partial charge in [0.2, 0.25) is 0 Å². The predicted octanol–water partition coefficient (Wildman–Crippen LogP) is 0.301. The molecule has 0 amide bonds. The molecule has 0 aromatic heterocycles. The summed E-state index contributed by atoms with van der Waals surface area (Å²) in [4.78, 5) is 3.24. The maximum Gasteiger partial charge on any atom is 0.281 e. The van der Waals surface area contributed by atoms with Crippen LogP contribution < -0.4 is 15.0 Å². The van der Waals surface area contributed by atoms with Gasteiger partial charge in [-0.1, -0.05) is 30.3 Å². The van der Waals surface area contributed by atoms with Crippen molar-refractivity contribution in [2.24, 2.45) is 0 Å². The summed E-state index contributed by atoms with van der Waals surface area (Å²) in [6.07, 6.45) is 0. The van der Waals surface area contributed by atoms with Crippen LogP contribution >= 0.6 is 0 Å². The summed E-state index contributed by atoms with van der Waals surface area (Å²) in [7, 11) is 0. The minimum Gasteiger partial charge on any atom is -0.481 e. The largest absolute Gasteiger partial charge is 0.481 e. The molecule has 0 bridgehead atoms. The first-order valence-corrected chi connectivity index (χ1v) is 5.87. The molecule has 0 fully saturated rings. The van der Waals surface area contributed by atoms with Gasteiger partial charge in [0, 0.05) is 0 Å². The highest BCUT2D eigenvalue weighted by Gasteiger charge is 2.12. The molecule has 0 spiro atoms. The van der Waals surface area contributed by atoms with E-state index in [1.54, 1.807) is 0 Å². The molecule has 0 unspecified atom stereocenters. The number of fused-ring (bicyclic) bond motifs is 1. The van der Waals surface area contributed by atoms with Crippen LogP contribution in [0.3, 0.4) is 0 Å². The molecule has 3 nitrogen and oxygen atoms in total. The van der Waals surface area contributed by atoms with Gasteiger partial charge in [-0.2, -0.15) is 0 Å². The van der Waals surface area contributed by atoms with Crippen LogP contribution in [0.5, 0.6) is 5.75 Å². The van der Waals surface area contributed by atoms with Crippen molar-refractivity contribution >= 4 is 16.6 Å². The molecule has 3 rings (SSSR count). The predicted molar refractivity (Wildman–Crippen MR) is 68.3 cm³/mol. The van der Waals surface area contributed by atoms with E-state index in [0.717, 1.165) is 24.7 Å². The molecular formula is C14H15N2O+. The van der Waals surface area contributed by atoms with Crippen LogP contribution in [-0.2, 0) is 0 Å². The van der Waals surface area contributed by atoms with E-state index in [1.165, 1.54) is 10.8 Å². The van der Waals surface area contributed by atoms with Crippen molar-refractivity contribution in [3.05, 3.63) is 42.5 Å². The molecule has 2 aromatic rings. The number of amidine groups is 1. The SMILES string of the molecule is c1ccc2cc(OCC3=[NH+]CCN3)ccc2c1. The normalized spacial score (nSPS) is 14.5. The maximum absolute atomic E-state index is 5.74. The highest BCUT2D eigenvalue weighted by Crippen LogP contribution is 2.20. The van der Waals surface area contributed by atoms with E-state index < -0.39 is 0 Å². The topological polar surface area (TPSA) is 35.2 Å². The zero-order chi connectivity index (χ0) is 11.5. The zero-order valence-electron chi connectivity index (χ0n) is 9.57. The Morgan fingerprint density at radius 2 is 2.00 bits per heavy atom. The minimum absolute atomic E-state index is 0.582. The molecule has 1 aliphatic rings. The lowest BCUT2D eigenvalue weighted by Crippen LogP contribution is -2.71. The molecule has 1 aliphatic heterocycles. The Morgan fingerprint density at radius 1 is 1.12 bits per heavy atom. The lowest BCUT2D eigenvalue weighted by Gasteiger charge is -2.05. The molecule has 0 radical (unpaired) electrons. The van der Waals surface area contributed by atoms with Crippen LogP contribution in [0.1, 0.15) is 0 Å².